The summed E-state index contributed by atoms with van der Waals surface area (Å²) in [4.78, 5) is 15.8. The average molecular weight is 257 g/mol. The topological polar surface area (TPSA) is 71.8 Å². The number of benzene rings is 1. The number of hydrogen-bond donors (Lipinski definition) is 2. The molecule has 0 unspecified atom stereocenters. The molecule has 0 aliphatic carbocycles. The summed E-state index contributed by atoms with van der Waals surface area (Å²) in [7, 11) is 0. The van der Waals surface area contributed by atoms with Crippen LogP contribution in [0.1, 0.15) is 11.1 Å². The monoisotopic (exact) mass is 257 g/mol. The second-order valence-electron chi connectivity index (χ2n) is 4.51. The Morgan fingerprint density at radius 3 is 3.26 bits per heavy atom. The van der Waals surface area contributed by atoms with Crippen molar-refractivity contribution in [3.05, 3.63) is 42.0 Å². The fourth-order valence-electron chi connectivity index (χ4n) is 2.30. The molecule has 0 saturated heterocycles. The number of anilines is 1. The highest BCUT2D eigenvalue weighted by Gasteiger charge is 2.14. The minimum absolute atomic E-state index is 0.0857. The summed E-state index contributed by atoms with van der Waals surface area (Å²) in [5, 5.41) is 10.2. The normalized spacial score (nSPS) is 13.9. The van der Waals surface area contributed by atoms with Gasteiger partial charge in [0.15, 0.2) is 0 Å². The molecule has 1 amide bonds. The summed E-state index contributed by atoms with van der Waals surface area (Å²) in [6.07, 6.45) is 3.89. The molecule has 3 rings (SSSR count). The first kappa shape index (κ1) is 11.9. The quantitative estimate of drug-likeness (QED) is 0.843. The SMILES string of the molecule is O=C(Cn1cncn1)Nc1cccc2c1CCNC2. The Kier molecular flexibility index (Phi) is 3.24. The molecule has 0 spiro atoms. The van der Waals surface area contributed by atoms with Gasteiger partial charge in [0.1, 0.15) is 19.2 Å². The lowest BCUT2D eigenvalue weighted by Gasteiger charge is -2.20. The van der Waals surface area contributed by atoms with Crippen molar-refractivity contribution in [3.63, 3.8) is 0 Å². The van der Waals surface area contributed by atoms with Crippen molar-refractivity contribution >= 4 is 11.6 Å². The van der Waals surface area contributed by atoms with Gasteiger partial charge in [0.05, 0.1) is 0 Å². The lowest BCUT2D eigenvalue weighted by atomic mass is 9.99. The van der Waals surface area contributed by atoms with E-state index in [4.69, 9.17) is 0 Å². The molecule has 19 heavy (non-hydrogen) atoms. The van der Waals surface area contributed by atoms with Gasteiger partial charge in [-0.2, -0.15) is 5.10 Å². The molecular formula is C13H15N5O. The fraction of sp³-hybridized carbons (Fsp3) is 0.308. The largest absolute Gasteiger partial charge is 0.324 e. The third-order valence-corrected chi connectivity index (χ3v) is 3.19. The maximum Gasteiger partial charge on any atom is 0.246 e. The second kappa shape index (κ2) is 5.19. The minimum atomic E-state index is -0.0857. The number of nitrogens with zero attached hydrogens (tertiary/aromatic N) is 3. The van der Waals surface area contributed by atoms with E-state index in [0.717, 1.165) is 25.2 Å². The molecule has 2 aromatic rings. The van der Waals surface area contributed by atoms with E-state index in [1.807, 2.05) is 12.1 Å². The molecule has 6 nitrogen and oxygen atoms in total. The molecule has 6 heteroatoms. The molecule has 0 bridgehead atoms. The Morgan fingerprint density at radius 2 is 2.42 bits per heavy atom. The highest BCUT2D eigenvalue weighted by atomic mass is 16.2. The Morgan fingerprint density at radius 1 is 1.47 bits per heavy atom. The smallest absolute Gasteiger partial charge is 0.246 e. The zero-order valence-corrected chi connectivity index (χ0v) is 10.5. The van der Waals surface area contributed by atoms with Crippen LogP contribution in [0.25, 0.3) is 0 Å². The molecule has 98 valence electrons. The van der Waals surface area contributed by atoms with E-state index in [1.165, 1.54) is 28.5 Å². The number of nitrogens with one attached hydrogen (secondary N) is 2. The van der Waals surface area contributed by atoms with Crippen LogP contribution in [0.3, 0.4) is 0 Å². The maximum absolute atomic E-state index is 12.0. The standard InChI is InChI=1S/C13H15N5O/c19-13(7-18-9-15-8-16-18)17-12-3-1-2-10-6-14-5-4-11(10)12/h1-3,8-9,14H,4-7H2,(H,17,19). The third kappa shape index (κ3) is 2.63. The van der Waals surface area contributed by atoms with Gasteiger partial charge in [-0.1, -0.05) is 12.1 Å². The Labute approximate surface area is 110 Å². The van der Waals surface area contributed by atoms with E-state index in [9.17, 15) is 4.79 Å². The van der Waals surface area contributed by atoms with E-state index in [0.29, 0.717) is 0 Å². The summed E-state index contributed by atoms with van der Waals surface area (Å²) in [6.45, 7) is 1.99. The number of rotatable bonds is 3. The van der Waals surface area contributed by atoms with Crippen molar-refractivity contribution in [1.82, 2.24) is 20.1 Å². The molecule has 0 fully saturated rings. The number of hydrogen-bond acceptors (Lipinski definition) is 4. The molecule has 1 aromatic heterocycles. The molecule has 1 aliphatic heterocycles. The van der Waals surface area contributed by atoms with Gasteiger partial charge < -0.3 is 10.6 Å². The predicted molar refractivity (Wildman–Crippen MR) is 70.5 cm³/mol. The van der Waals surface area contributed by atoms with Gasteiger partial charge >= 0.3 is 0 Å². The summed E-state index contributed by atoms with van der Waals surface area (Å²) in [6, 6.07) is 6.01. The van der Waals surface area contributed by atoms with Crippen LogP contribution in [-0.2, 0) is 24.3 Å². The van der Waals surface area contributed by atoms with Crippen LogP contribution >= 0.6 is 0 Å². The van der Waals surface area contributed by atoms with Gasteiger partial charge in [0.2, 0.25) is 5.91 Å². The van der Waals surface area contributed by atoms with Gasteiger partial charge in [0.25, 0.3) is 0 Å². The molecule has 1 aliphatic rings. The van der Waals surface area contributed by atoms with Crippen molar-refractivity contribution in [2.45, 2.75) is 19.5 Å². The lowest BCUT2D eigenvalue weighted by Crippen LogP contribution is -2.26. The molecule has 2 heterocycles. The highest BCUT2D eigenvalue weighted by Crippen LogP contribution is 2.22. The summed E-state index contributed by atoms with van der Waals surface area (Å²) in [5.41, 5.74) is 3.39. The van der Waals surface area contributed by atoms with Crippen LogP contribution in [-0.4, -0.2) is 27.2 Å². The van der Waals surface area contributed by atoms with Crippen molar-refractivity contribution in [2.75, 3.05) is 11.9 Å². The van der Waals surface area contributed by atoms with Crippen molar-refractivity contribution in [1.29, 1.82) is 0 Å². The van der Waals surface area contributed by atoms with Crippen LogP contribution in [0, 0.1) is 0 Å². The van der Waals surface area contributed by atoms with Crippen LogP contribution in [0.2, 0.25) is 0 Å². The van der Waals surface area contributed by atoms with E-state index < -0.39 is 0 Å². The minimum Gasteiger partial charge on any atom is -0.324 e. The Balaban J connectivity index is 1.74. The summed E-state index contributed by atoms with van der Waals surface area (Å²) in [5.74, 6) is -0.0857. The Bertz CT molecular complexity index is 579. The van der Waals surface area contributed by atoms with Crippen LogP contribution in [0.15, 0.2) is 30.9 Å². The maximum atomic E-state index is 12.0. The number of amides is 1. The van der Waals surface area contributed by atoms with Crippen molar-refractivity contribution < 1.29 is 4.79 Å². The molecule has 1 aromatic carbocycles. The van der Waals surface area contributed by atoms with E-state index in [-0.39, 0.29) is 12.5 Å². The van der Waals surface area contributed by atoms with E-state index in [2.05, 4.69) is 26.8 Å². The van der Waals surface area contributed by atoms with Crippen LogP contribution < -0.4 is 10.6 Å². The van der Waals surface area contributed by atoms with Crippen LogP contribution in [0.4, 0.5) is 5.69 Å². The number of fused-ring (bicyclic) bond motifs is 1. The third-order valence-electron chi connectivity index (χ3n) is 3.19. The van der Waals surface area contributed by atoms with Gasteiger partial charge in [-0.25, -0.2) is 9.67 Å². The zero-order chi connectivity index (χ0) is 13.1. The Hall–Kier alpha value is -2.21. The highest BCUT2D eigenvalue weighted by molar-refractivity contribution is 5.91. The molecule has 0 atom stereocenters. The molecule has 0 saturated carbocycles. The zero-order valence-electron chi connectivity index (χ0n) is 10.5. The summed E-state index contributed by atoms with van der Waals surface area (Å²) < 4.78 is 1.51. The van der Waals surface area contributed by atoms with Crippen LogP contribution in [0.5, 0.6) is 0 Å². The predicted octanol–water partition coefficient (Wildman–Crippen LogP) is 0.562. The lowest BCUT2D eigenvalue weighted by molar-refractivity contribution is -0.116. The molecule has 2 N–H and O–H groups in total. The van der Waals surface area contributed by atoms with Gasteiger partial charge in [0, 0.05) is 12.2 Å². The second-order valence-corrected chi connectivity index (χ2v) is 4.51. The fourth-order valence-corrected chi connectivity index (χ4v) is 2.30. The number of carbonyl (C=O) groups is 1. The first-order valence-electron chi connectivity index (χ1n) is 6.26. The molecule has 0 radical (unpaired) electrons. The first-order chi connectivity index (χ1) is 9.33. The summed E-state index contributed by atoms with van der Waals surface area (Å²) >= 11 is 0. The van der Waals surface area contributed by atoms with Gasteiger partial charge in [-0.15, -0.1) is 0 Å². The number of carbonyl (C=O) groups excluding carboxylic acids is 1. The first-order valence-corrected chi connectivity index (χ1v) is 6.26. The van der Waals surface area contributed by atoms with Gasteiger partial charge in [-0.05, 0) is 30.2 Å². The molecular weight excluding hydrogens is 242 g/mol. The van der Waals surface area contributed by atoms with E-state index in [1.54, 1.807) is 0 Å². The van der Waals surface area contributed by atoms with Crippen molar-refractivity contribution in [3.8, 4) is 0 Å². The average Bonchev–Trinajstić information content (AvgIpc) is 2.92. The van der Waals surface area contributed by atoms with Crippen molar-refractivity contribution in [2.24, 2.45) is 0 Å². The van der Waals surface area contributed by atoms with E-state index >= 15 is 0 Å². The van der Waals surface area contributed by atoms with Gasteiger partial charge in [-0.3, -0.25) is 4.79 Å². The number of aromatic nitrogens is 3.